The van der Waals surface area contributed by atoms with Crippen molar-refractivity contribution in [3.8, 4) is 0 Å². The van der Waals surface area contributed by atoms with Crippen LogP contribution in [-0.2, 0) is 10.8 Å². The summed E-state index contributed by atoms with van der Waals surface area (Å²) in [4.78, 5) is 1.23. The van der Waals surface area contributed by atoms with Gasteiger partial charge in [0.2, 0.25) is 0 Å². The third kappa shape index (κ3) is 3.88. The van der Waals surface area contributed by atoms with Gasteiger partial charge in [0, 0.05) is 21.8 Å². The molecule has 2 atom stereocenters. The van der Waals surface area contributed by atoms with E-state index in [0.29, 0.717) is 15.4 Å². The van der Waals surface area contributed by atoms with E-state index < -0.39 is 17.0 Å². The van der Waals surface area contributed by atoms with Gasteiger partial charge in [-0.05, 0) is 32.0 Å². The Kier molecular flexibility index (Phi) is 5.07. The first kappa shape index (κ1) is 15.6. The lowest BCUT2D eigenvalue weighted by Crippen LogP contribution is -2.02. The van der Waals surface area contributed by atoms with E-state index in [4.69, 9.17) is 0 Å². The first-order chi connectivity index (χ1) is 9.99. The fraction of sp³-hybridized carbons (Fsp3) is 0.222. The van der Waals surface area contributed by atoms with Gasteiger partial charge in [0.15, 0.2) is 0 Å². The Balaban J connectivity index is 2.37. The quantitative estimate of drug-likeness (QED) is 0.699. The molecule has 3 heteroatoms. The molecule has 1 nitrogen and oxygen atoms in total. The van der Waals surface area contributed by atoms with Gasteiger partial charge in [-0.1, -0.05) is 41.5 Å². The van der Waals surface area contributed by atoms with E-state index >= 15 is 0 Å². The van der Waals surface area contributed by atoms with E-state index in [-0.39, 0.29) is 6.42 Å². The first-order valence-corrected chi connectivity index (χ1v) is 8.00. The fourth-order valence-electron chi connectivity index (χ4n) is 2.11. The summed E-state index contributed by atoms with van der Waals surface area (Å²) in [5, 5.41) is 0. The minimum Gasteiger partial charge on any atom is -0.249 e. The highest BCUT2D eigenvalue weighted by Gasteiger charge is 2.18. The summed E-state index contributed by atoms with van der Waals surface area (Å²) in [6, 6.07) is 14.5. The van der Waals surface area contributed by atoms with Gasteiger partial charge in [-0.25, -0.2) is 8.60 Å². The third-order valence-corrected chi connectivity index (χ3v) is 4.69. The molecule has 110 valence electrons. The molecule has 21 heavy (non-hydrogen) atoms. The Morgan fingerprint density at radius 3 is 2.43 bits per heavy atom. The van der Waals surface area contributed by atoms with Gasteiger partial charge in [0.1, 0.15) is 6.17 Å². The molecule has 2 aromatic carbocycles. The minimum atomic E-state index is -1.37. The Bertz CT molecular complexity index is 661. The van der Waals surface area contributed by atoms with Gasteiger partial charge in [0.05, 0.1) is 10.8 Å². The molecule has 0 aliphatic heterocycles. The zero-order valence-electron chi connectivity index (χ0n) is 12.3. The van der Waals surface area contributed by atoms with Crippen molar-refractivity contribution >= 4 is 10.8 Å². The van der Waals surface area contributed by atoms with Crippen molar-refractivity contribution in [2.75, 3.05) is 0 Å². The molecule has 0 aromatic heterocycles. The van der Waals surface area contributed by atoms with Crippen LogP contribution >= 0.6 is 0 Å². The lowest BCUT2D eigenvalue weighted by molar-refractivity contribution is 0.337. The molecule has 1 unspecified atom stereocenters. The molecule has 0 spiro atoms. The number of hydrogen-bond donors (Lipinski definition) is 0. The van der Waals surface area contributed by atoms with Gasteiger partial charge in [0.25, 0.3) is 0 Å². The maximum atomic E-state index is 14.4. The van der Waals surface area contributed by atoms with E-state index in [1.807, 2.05) is 31.2 Å². The second-order valence-electron chi connectivity index (χ2n) is 5.25. The van der Waals surface area contributed by atoms with Gasteiger partial charge >= 0.3 is 0 Å². The van der Waals surface area contributed by atoms with Crippen LogP contribution in [-0.4, -0.2) is 4.21 Å². The topological polar surface area (TPSA) is 17.1 Å². The molecular formula is C18H19FOS. The third-order valence-electron chi connectivity index (χ3n) is 3.22. The van der Waals surface area contributed by atoms with Gasteiger partial charge in [-0.3, -0.25) is 0 Å². The van der Waals surface area contributed by atoms with E-state index in [2.05, 4.69) is 6.58 Å². The maximum absolute atomic E-state index is 14.4. The summed E-state index contributed by atoms with van der Waals surface area (Å²) in [6.07, 6.45) is -0.921. The molecule has 0 saturated carbocycles. The number of benzene rings is 2. The molecule has 0 amide bonds. The Hall–Kier alpha value is -1.74. The Morgan fingerprint density at radius 2 is 1.81 bits per heavy atom. The average Bonchev–Trinajstić information content (AvgIpc) is 2.46. The van der Waals surface area contributed by atoms with Crippen molar-refractivity contribution in [1.29, 1.82) is 0 Å². The smallest absolute Gasteiger partial charge is 0.130 e. The van der Waals surface area contributed by atoms with Crippen molar-refractivity contribution in [2.24, 2.45) is 0 Å². The molecule has 0 fully saturated rings. The maximum Gasteiger partial charge on any atom is 0.130 e. The van der Waals surface area contributed by atoms with Crippen molar-refractivity contribution in [3.63, 3.8) is 0 Å². The van der Waals surface area contributed by atoms with Crippen LogP contribution in [0.4, 0.5) is 4.39 Å². The highest BCUT2D eigenvalue weighted by molar-refractivity contribution is 7.85. The monoisotopic (exact) mass is 302 g/mol. The summed E-state index contributed by atoms with van der Waals surface area (Å²) >= 11 is 0. The van der Waals surface area contributed by atoms with Crippen molar-refractivity contribution in [3.05, 3.63) is 71.8 Å². The van der Waals surface area contributed by atoms with Crippen LogP contribution in [0.25, 0.3) is 0 Å². The molecule has 0 aliphatic carbocycles. The zero-order chi connectivity index (χ0) is 15.4. The summed E-state index contributed by atoms with van der Waals surface area (Å²) in [7, 11) is -1.37. The number of hydrogen-bond acceptors (Lipinski definition) is 1. The second-order valence-corrected chi connectivity index (χ2v) is 6.70. The normalized spacial score (nSPS) is 13.7. The van der Waals surface area contributed by atoms with E-state index in [9.17, 15) is 8.60 Å². The summed E-state index contributed by atoms with van der Waals surface area (Å²) < 4.78 is 27.1. The Morgan fingerprint density at radius 1 is 1.19 bits per heavy atom. The second kappa shape index (κ2) is 6.81. The molecule has 0 saturated heterocycles. The number of halogens is 1. The van der Waals surface area contributed by atoms with Crippen LogP contribution in [0.3, 0.4) is 0 Å². The Labute approximate surface area is 128 Å². The first-order valence-electron chi connectivity index (χ1n) is 6.85. The zero-order valence-corrected chi connectivity index (χ0v) is 13.1. The van der Waals surface area contributed by atoms with Crippen molar-refractivity contribution < 1.29 is 8.60 Å². The van der Waals surface area contributed by atoms with Crippen LogP contribution in [0.2, 0.25) is 0 Å². The van der Waals surface area contributed by atoms with Gasteiger partial charge < -0.3 is 0 Å². The molecule has 0 heterocycles. The average molecular weight is 302 g/mol. The SMILES string of the molecule is C=C(C)C[C@H](F)c1ccccc1S(=O)c1ccc(C)cc1. The van der Waals surface area contributed by atoms with E-state index in [1.54, 1.807) is 31.2 Å². The van der Waals surface area contributed by atoms with E-state index in [1.165, 1.54) is 0 Å². The summed E-state index contributed by atoms with van der Waals surface area (Å²) in [5.41, 5.74) is 2.37. The summed E-state index contributed by atoms with van der Waals surface area (Å²) in [5.74, 6) is 0. The fourth-order valence-corrected chi connectivity index (χ4v) is 3.36. The number of allylic oxidation sites excluding steroid dienone is 1. The predicted molar refractivity (Wildman–Crippen MR) is 85.6 cm³/mol. The molecule has 2 aromatic rings. The number of aryl methyl sites for hydroxylation is 1. The molecule has 2 rings (SSSR count). The number of rotatable bonds is 5. The van der Waals surface area contributed by atoms with Crippen LogP contribution < -0.4 is 0 Å². The summed E-state index contributed by atoms with van der Waals surface area (Å²) in [6.45, 7) is 7.52. The van der Waals surface area contributed by atoms with E-state index in [0.717, 1.165) is 11.1 Å². The van der Waals surface area contributed by atoms with Crippen molar-refractivity contribution in [1.82, 2.24) is 0 Å². The van der Waals surface area contributed by atoms with Crippen molar-refractivity contribution in [2.45, 2.75) is 36.2 Å². The highest BCUT2D eigenvalue weighted by atomic mass is 32.2. The standard InChI is InChI=1S/C18H19FOS/c1-13(2)12-17(19)16-6-4-5-7-18(16)21(20)15-10-8-14(3)9-11-15/h4-11,17H,1,12H2,2-3H3/t17-,21?/m0/s1. The molecule has 0 bridgehead atoms. The van der Waals surface area contributed by atoms with Gasteiger partial charge in [-0.15, -0.1) is 6.58 Å². The number of alkyl halides is 1. The van der Waals surface area contributed by atoms with Crippen LogP contribution in [0, 0.1) is 6.92 Å². The molecule has 0 aliphatic rings. The van der Waals surface area contributed by atoms with Crippen LogP contribution in [0.5, 0.6) is 0 Å². The van der Waals surface area contributed by atoms with Gasteiger partial charge in [-0.2, -0.15) is 0 Å². The minimum absolute atomic E-state index is 0.252. The predicted octanol–water partition coefficient (Wildman–Crippen LogP) is 5.14. The molecular weight excluding hydrogens is 283 g/mol. The lowest BCUT2D eigenvalue weighted by Gasteiger charge is -2.13. The molecule has 0 N–H and O–H groups in total. The lowest BCUT2D eigenvalue weighted by atomic mass is 10.0. The van der Waals surface area contributed by atoms with Crippen LogP contribution in [0.15, 0.2) is 70.5 Å². The largest absolute Gasteiger partial charge is 0.249 e. The molecule has 0 radical (unpaired) electrons. The van der Waals surface area contributed by atoms with Crippen LogP contribution in [0.1, 0.15) is 30.6 Å². The highest BCUT2D eigenvalue weighted by Crippen LogP contribution is 2.31.